The van der Waals surface area contributed by atoms with Crippen LogP contribution < -0.4 is 17.0 Å². The SMILES string of the molecule is CCCCCCCC/C=C\CCCCCCCCc1cccc[n+]1C.[Cl-]. The van der Waals surface area contributed by atoms with Gasteiger partial charge >= 0.3 is 0 Å². The molecule has 0 aliphatic carbocycles. The number of allylic oxidation sites excluding steroid dienone is 2. The normalized spacial score (nSPS) is 11.0. The third-order valence-electron chi connectivity index (χ3n) is 5.11. The lowest BCUT2D eigenvalue weighted by Crippen LogP contribution is -3.00. The van der Waals surface area contributed by atoms with Crippen LogP contribution in [0.25, 0.3) is 0 Å². The summed E-state index contributed by atoms with van der Waals surface area (Å²) in [7, 11) is 2.15. The molecule has 2 heteroatoms. The number of rotatable bonds is 16. The van der Waals surface area contributed by atoms with Gasteiger partial charge in [-0.2, -0.15) is 0 Å². The number of nitrogens with zero attached hydrogens (tertiary/aromatic N) is 1. The smallest absolute Gasteiger partial charge is 0.181 e. The van der Waals surface area contributed by atoms with Gasteiger partial charge in [-0.15, -0.1) is 0 Å². The van der Waals surface area contributed by atoms with Crippen LogP contribution in [0.3, 0.4) is 0 Å². The molecule has 0 aliphatic heterocycles. The van der Waals surface area contributed by atoms with Gasteiger partial charge in [-0.1, -0.05) is 82.9 Å². The monoisotopic (exact) mass is 379 g/mol. The van der Waals surface area contributed by atoms with Crippen molar-refractivity contribution in [2.24, 2.45) is 7.05 Å². The summed E-state index contributed by atoms with van der Waals surface area (Å²) in [6, 6.07) is 6.50. The van der Waals surface area contributed by atoms with E-state index in [0.717, 1.165) is 0 Å². The van der Waals surface area contributed by atoms with Gasteiger partial charge in [-0.25, -0.2) is 4.57 Å². The topological polar surface area (TPSA) is 3.88 Å². The van der Waals surface area contributed by atoms with E-state index in [1.54, 1.807) is 0 Å². The zero-order valence-electron chi connectivity index (χ0n) is 17.4. The molecule has 0 aromatic carbocycles. The van der Waals surface area contributed by atoms with Crippen LogP contribution in [-0.2, 0) is 13.5 Å². The van der Waals surface area contributed by atoms with Gasteiger partial charge in [0, 0.05) is 18.6 Å². The average Bonchev–Trinajstić information content (AvgIpc) is 2.63. The summed E-state index contributed by atoms with van der Waals surface area (Å²) < 4.78 is 2.25. The van der Waals surface area contributed by atoms with Gasteiger partial charge in [0.15, 0.2) is 11.9 Å². The number of aryl methyl sites for hydroxylation is 2. The molecule has 0 amide bonds. The van der Waals surface area contributed by atoms with E-state index in [4.69, 9.17) is 0 Å². The Morgan fingerprint density at radius 1 is 0.731 bits per heavy atom. The molecular formula is C24H42ClN. The van der Waals surface area contributed by atoms with Gasteiger partial charge < -0.3 is 12.4 Å². The molecule has 0 fully saturated rings. The predicted octanol–water partition coefficient (Wildman–Crippen LogP) is 4.10. The lowest BCUT2D eigenvalue weighted by atomic mass is 10.1. The number of hydrogen-bond acceptors (Lipinski definition) is 0. The van der Waals surface area contributed by atoms with Crippen LogP contribution in [-0.4, -0.2) is 0 Å². The van der Waals surface area contributed by atoms with Gasteiger partial charge in [0.25, 0.3) is 0 Å². The van der Waals surface area contributed by atoms with Crippen LogP contribution in [0.2, 0.25) is 0 Å². The summed E-state index contributed by atoms with van der Waals surface area (Å²) in [6.07, 6.45) is 27.5. The molecule has 0 unspecified atom stereocenters. The Kier molecular flexibility index (Phi) is 18.4. The van der Waals surface area contributed by atoms with Crippen molar-refractivity contribution in [3.8, 4) is 0 Å². The Hall–Kier alpha value is -0.820. The second kappa shape index (κ2) is 19.0. The summed E-state index contributed by atoms with van der Waals surface area (Å²) in [5, 5.41) is 0. The van der Waals surface area contributed by atoms with Gasteiger partial charge in [-0.05, 0) is 32.1 Å². The van der Waals surface area contributed by atoms with E-state index in [0.29, 0.717) is 0 Å². The Morgan fingerprint density at radius 3 is 1.85 bits per heavy atom. The van der Waals surface area contributed by atoms with Crippen LogP contribution in [0, 0.1) is 0 Å². The first-order chi connectivity index (χ1) is 12.3. The van der Waals surface area contributed by atoms with Crippen molar-refractivity contribution in [1.29, 1.82) is 0 Å². The summed E-state index contributed by atoms with van der Waals surface area (Å²) in [6.45, 7) is 2.29. The predicted molar refractivity (Wildman–Crippen MR) is 111 cm³/mol. The highest BCUT2D eigenvalue weighted by Gasteiger charge is 2.03. The van der Waals surface area contributed by atoms with Crippen LogP contribution in [0.5, 0.6) is 0 Å². The summed E-state index contributed by atoms with van der Waals surface area (Å²) in [4.78, 5) is 0. The van der Waals surface area contributed by atoms with Crippen molar-refractivity contribution in [2.75, 3.05) is 0 Å². The van der Waals surface area contributed by atoms with Crippen molar-refractivity contribution in [1.82, 2.24) is 0 Å². The quantitative estimate of drug-likeness (QED) is 0.231. The third kappa shape index (κ3) is 14.4. The van der Waals surface area contributed by atoms with Crippen LogP contribution in [0.15, 0.2) is 36.5 Å². The number of unbranched alkanes of at least 4 members (excludes halogenated alkanes) is 12. The van der Waals surface area contributed by atoms with E-state index < -0.39 is 0 Å². The molecule has 1 rings (SSSR count). The lowest BCUT2D eigenvalue weighted by molar-refractivity contribution is -0.679. The fourth-order valence-corrected chi connectivity index (χ4v) is 3.37. The number of aromatic nitrogens is 1. The Balaban J connectivity index is 0.00000625. The van der Waals surface area contributed by atoms with Crippen molar-refractivity contribution in [2.45, 2.75) is 103 Å². The molecule has 1 aromatic rings. The van der Waals surface area contributed by atoms with Crippen molar-refractivity contribution in [3.05, 3.63) is 42.2 Å². The number of hydrogen-bond donors (Lipinski definition) is 0. The van der Waals surface area contributed by atoms with E-state index in [2.05, 4.69) is 55.1 Å². The highest BCUT2D eigenvalue weighted by molar-refractivity contribution is 4.97. The van der Waals surface area contributed by atoms with Gasteiger partial charge in [0.05, 0.1) is 0 Å². The van der Waals surface area contributed by atoms with E-state index in [-0.39, 0.29) is 12.4 Å². The molecule has 0 saturated carbocycles. The van der Waals surface area contributed by atoms with E-state index >= 15 is 0 Å². The molecule has 0 saturated heterocycles. The minimum atomic E-state index is 0. The Labute approximate surface area is 169 Å². The zero-order chi connectivity index (χ0) is 18.0. The minimum Gasteiger partial charge on any atom is -1.00 e. The molecule has 0 aliphatic rings. The molecule has 26 heavy (non-hydrogen) atoms. The first-order valence-corrected chi connectivity index (χ1v) is 10.9. The Morgan fingerprint density at radius 2 is 1.27 bits per heavy atom. The van der Waals surface area contributed by atoms with Gasteiger partial charge in [-0.3, -0.25) is 0 Å². The first-order valence-electron chi connectivity index (χ1n) is 10.9. The second-order valence-corrected chi connectivity index (χ2v) is 7.49. The van der Waals surface area contributed by atoms with Crippen molar-refractivity contribution < 1.29 is 17.0 Å². The molecular weight excluding hydrogens is 338 g/mol. The largest absolute Gasteiger partial charge is 1.00 e. The van der Waals surface area contributed by atoms with Crippen LogP contribution in [0.1, 0.15) is 103 Å². The highest BCUT2D eigenvalue weighted by atomic mass is 35.5. The average molecular weight is 380 g/mol. The fraction of sp³-hybridized carbons (Fsp3) is 0.708. The van der Waals surface area contributed by atoms with E-state index in [9.17, 15) is 0 Å². The molecule has 0 spiro atoms. The van der Waals surface area contributed by atoms with Crippen molar-refractivity contribution in [3.63, 3.8) is 0 Å². The number of pyridine rings is 1. The fourth-order valence-electron chi connectivity index (χ4n) is 3.37. The maximum atomic E-state index is 2.42. The molecule has 1 nitrogen and oxygen atoms in total. The second-order valence-electron chi connectivity index (χ2n) is 7.49. The Bertz CT molecular complexity index is 442. The first kappa shape index (κ1) is 25.2. The summed E-state index contributed by atoms with van der Waals surface area (Å²) >= 11 is 0. The van der Waals surface area contributed by atoms with Gasteiger partial charge in [0.1, 0.15) is 7.05 Å². The molecule has 0 radical (unpaired) electrons. The molecule has 0 N–H and O–H groups in total. The zero-order valence-corrected chi connectivity index (χ0v) is 18.2. The standard InChI is InChI=1S/C24H42N.ClH/c1-3-4-5-6-7-8-9-10-11-12-13-14-15-16-17-18-21-24-22-19-20-23-25(24)2;/h10-11,19-20,22-23H,3-9,12-18,21H2,1-2H3;1H/q+1;/p-1/b11-10-;. The molecule has 1 aromatic heterocycles. The third-order valence-corrected chi connectivity index (χ3v) is 5.11. The minimum absolute atomic E-state index is 0. The summed E-state index contributed by atoms with van der Waals surface area (Å²) in [5.41, 5.74) is 1.46. The van der Waals surface area contributed by atoms with Crippen LogP contribution in [0.4, 0.5) is 0 Å². The lowest BCUT2D eigenvalue weighted by Gasteiger charge is -2.01. The highest BCUT2D eigenvalue weighted by Crippen LogP contribution is 2.10. The molecule has 150 valence electrons. The molecule has 0 atom stereocenters. The molecule has 1 heterocycles. The number of halogens is 1. The maximum Gasteiger partial charge on any atom is 0.181 e. The summed E-state index contributed by atoms with van der Waals surface area (Å²) in [5.74, 6) is 0. The van der Waals surface area contributed by atoms with E-state index in [1.165, 1.54) is 102 Å². The maximum absolute atomic E-state index is 2.42. The molecule has 0 bridgehead atoms. The van der Waals surface area contributed by atoms with Crippen molar-refractivity contribution >= 4 is 0 Å². The van der Waals surface area contributed by atoms with Crippen LogP contribution >= 0.6 is 0 Å². The van der Waals surface area contributed by atoms with E-state index in [1.807, 2.05) is 0 Å². The van der Waals surface area contributed by atoms with Gasteiger partial charge in [0.2, 0.25) is 0 Å².